The molecule has 1 aromatic heterocycles. The predicted molar refractivity (Wildman–Crippen MR) is 113 cm³/mol. The molecule has 0 saturated carbocycles. The number of hydrogen-bond donors (Lipinski definition) is 1. The van der Waals surface area contributed by atoms with Gasteiger partial charge in [-0.25, -0.2) is 4.79 Å². The van der Waals surface area contributed by atoms with Gasteiger partial charge in [-0.3, -0.25) is 9.59 Å². The van der Waals surface area contributed by atoms with Gasteiger partial charge in [0.2, 0.25) is 5.91 Å². The van der Waals surface area contributed by atoms with Crippen LogP contribution in [0.5, 0.6) is 0 Å². The summed E-state index contributed by atoms with van der Waals surface area (Å²) in [6.07, 6.45) is 5.18. The summed E-state index contributed by atoms with van der Waals surface area (Å²) in [6.45, 7) is 3.35. The average Bonchev–Trinajstić information content (AvgIpc) is 3.34. The predicted octanol–water partition coefficient (Wildman–Crippen LogP) is 1.77. The molecule has 32 heavy (non-hydrogen) atoms. The Kier molecular flexibility index (Phi) is 5.22. The topological polar surface area (TPSA) is 125 Å². The van der Waals surface area contributed by atoms with Crippen LogP contribution < -0.4 is 5.73 Å². The number of carbonyl (C=O) groups is 3. The molecular weight excluding hydrogens is 414 g/mol. The lowest BCUT2D eigenvalue weighted by Crippen LogP contribution is -2.42. The van der Waals surface area contributed by atoms with Gasteiger partial charge in [-0.2, -0.15) is 4.98 Å². The maximum absolute atomic E-state index is 14.0. The first-order valence-electron chi connectivity index (χ1n) is 10.1. The Hall–Kier alpha value is -4.06. The molecule has 1 aliphatic heterocycles. The third kappa shape index (κ3) is 2.80. The molecule has 4 rings (SSSR count). The van der Waals surface area contributed by atoms with Crippen molar-refractivity contribution in [3.63, 3.8) is 0 Å². The second-order valence-corrected chi connectivity index (χ2v) is 7.14. The minimum absolute atomic E-state index is 0.0350. The van der Waals surface area contributed by atoms with Crippen LogP contribution in [0.15, 0.2) is 40.0 Å². The number of carbonyl (C=O) groups excluding carboxylic acids is 3. The molecule has 1 atom stereocenters. The molecule has 2 N–H and O–H groups in total. The first kappa shape index (κ1) is 21.2. The molecular formula is C23H21N3O6. The van der Waals surface area contributed by atoms with E-state index in [0.29, 0.717) is 11.1 Å². The van der Waals surface area contributed by atoms with Crippen LogP contribution in [0, 0.1) is 12.3 Å². The van der Waals surface area contributed by atoms with Gasteiger partial charge in [-0.05, 0) is 19.4 Å². The van der Waals surface area contributed by atoms with Crippen molar-refractivity contribution >= 4 is 23.9 Å². The van der Waals surface area contributed by atoms with E-state index in [2.05, 4.69) is 10.9 Å². The summed E-state index contributed by atoms with van der Waals surface area (Å²) in [5.41, 5.74) is 5.44. The van der Waals surface area contributed by atoms with Gasteiger partial charge in [0, 0.05) is 11.3 Å². The van der Waals surface area contributed by atoms with E-state index in [9.17, 15) is 14.4 Å². The second-order valence-electron chi connectivity index (χ2n) is 7.14. The fourth-order valence-electron chi connectivity index (χ4n) is 4.43. The Bertz CT molecular complexity index is 1200. The van der Waals surface area contributed by atoms with Crippen LogP contribution in [-0.2, 0) is 29.3 Å². The summed E-state index contributed by atoms with van der Waals surface area (Å²) >= 11 is 0. The summed E-state index contributed by atoms with van der Waals surface area (Å²) in [5, 5.41) is 0. The van der Waals surface area contributed by atoms with Crippen LogP contribution in [0.1, 0.15) is 31.5 Å². The van der Waals surface area contributed by atoms with Gasteiger partial charge >= 0.3 is 11.9 Å². The third-order valence-corrected chi connectivity index (χ3v) is 5.48. The molecule has 0 fully saturated rings. The summed E-state index contributed by atoms with van der Waals surface area (Å²) < 4.78 is 16.0. The van der Waals surface area contributed by atoms with Crippen molar-refractivity contribution in [3.8, 4) is 23.7 Å². The van der Waals surface area contributed by atoms with Crippen molar-refractivity contribution in [2.75, 3.05) is 25.5 Å². The van der Waals surface area contributed by atoms with Gasteiger partial charge in [0.05, 0.1) is 31.8 Å². The molecule has 1 aliphatic carbocycles. The molecule has 2 heterocycles. The van der Waals surface area contributed by atoms with Crippen molar-refractivity contribution in [2.24, 2.45) is 0 Å². The van der Waals surface area contributed by atoms with E-state index in [0.717, 1.165) is 0 Å². The number of aromatic nitrogens is 1. The molecule has 9 heteroatoms. The third-order valence-electron chi connectivity index (χ3n) is 5.48. The maximum Gasteiger partial charge on any atom is 0.337 e. The van der Waals surface area contributed by atoms with E-state index >= 15 is 0 Å². The minimum atomic E-state index is -1.70. The average molecular weight is 435 g/mol. The fraction of sp³-hybridized carbons (Fsp3) is 0.304. The highest BCUT2D eigenvalue weighted by molar-refractivity contribution is 6.15. The van der Waals surface area contributed by atoms with Crippen LogP contribution in [0.3, 0.4) is 0 Å². The van der Waals surface area contributed by atoms with E-state index in [-0.39, 0.29) is 54.9 Å². The van der Waals surface area contributed by atoms with Gasteiger partial charge in [-0.15, -0.1) is 6.42 Å². The smallest absolute Gasteiger partial charge is 0.337 e. The Morgan fingerprint density at radius 3 is 2.66 bits per heavy atom. The van der Waals surface area contributed by atoms with Crippen molar-refractivity contribution in [3.05, 3.63) is 46.8 Å². The van der Waals surface area contributed by atoms with E-state index in [1.807, 2.05) is 0 Å². The highest BCUT2D eigenvalue weighted by Crippen LogP contribution is 2.58. The van der Waals surface area contributed by atoms with Gasteiger partial charge in [-0.1, -0.05) is 30.2 Å². The Labute approximate surface area is 184 Å². The van der Waals surface area contributed by atoms with E-state index in [4.69, 9.17) is 26.0 Å². The molecule has 0 bridgehead atoms. The number of benzene rings is 1. The molecule has 1 spiro atoms. The summed E-state index contributed by atoms with van der Waals surface area (Å²) in [4.78, 5) is 45.3. The van der Waals surface area contributed by atoms with Crippen LogP contribution in [0.2, 0.25) is 0 Å². The molecule has 2 aliphatic rings. The number of hydrogen-bond acceptors (Lipinski definition) is 8. The van der Waals surface area contributed by atoms with Crippen LogP contribution >= 0.6 is 0 Å². The first-order chi connectivity index (χ1) is 15.4. The van der Waals surface area contributed by atoms with E-state index < -0.39 is 23.3 Å². The molecule has 164 valence electrons. The van der Waals surface area contributed by atoms with Crippen molar-refractivity contribution in [1.82, 2.24) is 9.88 Å². The number of ether oxygens (including phenoxy) is 2. The number of rotatable bonds is 6. The number of nitrogens with two attached hydrogens (primary N) is 1. The van der Waals surface area contributed by atoms with Crippen LogP contribution in [0.25, 0.3) is 11.3 Å². The Balaban J connectivity index is 2.07. The molecule has 0 unspecified atom stereocenters. The van der Waals surface area contributed by atoms with Gasteiger partial charge < -0.3 is 24.5 Å². The Morgan fingerprint density at radius 2 is 1.97 bits per heavy atom. The Morgan fingerprint density at radius 1 is 1.25 bits per heavy atom. The second kappa shape index (κ2) is 7.89. The van der Waals surface area contributed by atoms with Crippen LogP contribution in [-0.4, -0.2) is 47.5 Å². The zero-order valence-corrected chi connectivity index (χ0v) is 17.6. The highest BCUT2D eigenvalue weighted by Gasteiger charge is 2.64. The largest absolute Gasteiger partial charge is 0.466 e. The minimum Gasteiger partial charge on any atom is -0.466 e. The lowest BCUT2D eigenvalue weighted by molar-refractivity contribution is -0.142. The first-order valence-corrected chi connectivity index (χ1v) is 10.1. The highest BCUT2D eigenvalue weighted by atomic mass is 16.5. The fourth-order valence-corrected chi connectivity index (χ4v) is 4.43. The number of fused-ring (bicyclic) bond motifs is 5. The van der Waals surface area contributed by atoms with E-state index in [1.54, 1.807) is 38.1 Å². The molecule has 1 amide bonds. The maximum atomic E-state index is 14.0. The number of nitrogen functional groups attached to an aromatic ring is 1. The summed E-state index contributed by atoms with van der Waals surface area (Å²) in [7, 11) is 0. The summed E-state index contributed by atoms with van der Waals surface area (Å²) in [6, 6.07) is 6.81. The SMILES string of the molecule is C#CCN1C(=O)[C@]2(C(C(=O)OCC)=C1CC(=O)OCC)c1ccccc1-c1oc(N)nc12. The van der Waals surface area contributed by atoms with Crippen molar-refractivity contribution in [2.45, 2.75) is 25.7 Å². The summed E-state index contributed by atoms with van der Waals surface area (Å²) in [5.74, 6) is 0.809. The number of esters is 2. The normalized spacial score (nSPS) is 18.5. The lowest BCUT2D eigenvalue weighted by Gasteiger charge is -2.26. The zero-order chi connectivity index (χ0) is 23.0. The number of nitrogens with zero attached hydrogens (tertiary/aromatic N) is 2. The zero-order valence-electron chi connectivity index (χ0n) is 17.6. The molecule has 2 aromatic rings. The van der Waals surface area contributed by atoms with Gasteiger partial charge in [0.15, 0.2) is 11.2 Å². The van der Waals surface area contributed by atoms with Gasteiger partial charge in [0.25, 0.3) is 6.01 Å². The van der Waals surface area contributed by atoms with E-state index in [1.165, 1.54) is 4.90 Å². The number of terminal acetylenes is 1. The quantitative estimate of drug-likeness (QED) is 0.538. The molecule has 1 aromatic carbocycles. The van der Waals surface area contributed by atoms with Crippen molar-refractivity contribution < 1.29 is 28.3 Å². The monoisotopic (exact) mass is 435 g/mol. The standard InChI is InChI=1S/C23H21N3O6/c1-4-11-26-15(12-16(27)30-5-2)17(20(28)31-6-3)23(21(26)29)14-10-8-7-9-13(14)18-19(23)25-22(24)32-18/h1,7-10H,5-6,11-12H2,2-3H3,(H2,24,25)/t23-/m0/s1. The number of amides is 1. The van der Waals surface area contributed by atoms with Gasteiger partial charge in [0.1, 0.15) is 5.69 Å². The number of anilines is 1. The van der Waals surface area contributed by atoms with Crippen LogP contribution in [0.4, 0.5) is 6.01 Å². The molecule has 9 nitrogen and oxygen atoms in total. The number of oxazole rings is 1. The molecule has 0 radical (unpaired) electrons. The molecule has 0 saturated heterocycles. The van der Waals surface area contributed by atoms with Crippen molar-refractivity contribution in [1.29, 1.82) is 0 Å². The lowest BCUT2D eigenvalue weighted by atomic mass is 9.74.